The average Bonchev–Trinajstić information content (AvgIpc) is 2.90. The number of ether oxygens (including phenoxy) is 2. The van der Waals surface area contributed by atoms with Crippen LogP contribution in [0.2, 0.25) is 0 Å². The van der Waals surface area contributed by atoms with Crippen LogP contribution in [-0.2, 0) is 20.7 Å². The van der Waals surface area contributed by atoms with Gasteiger partial charge in [-0.05, 0) is 72.8 Å². The van der Waals surface area contributed by atoms with Crippen molar-refractivity contribution in [3.63, 3.8) is 0 Å². The number of benzene rings is 1. The lowest BCUT2D eigenvalue weighted by molar-refractivity contribution is -0.152. The minimum atomic E-state index is -0.278. The van der Waals surface area contributed by atoms with E-state index in [0.717, 1.165) is 25.7 Å². The van der Waals surface area contributed by atoms with Crippen LogP contribution in [0, 0.1) is 17.3 Å². The number of hydrogen-bond donors (Lipinski definition) is 0. The fourth-order valence-corrected chi connectivity index (χ4v) is 5.55. The molecule has 0 amide bonds. The molecule has 0 radical (unpaired) electrons. The lowest BCUT2D eigenvalue weighted by Crippen LogP contribution is -2.45. The number of allylic oxidation sites excluding steroid dienone is 1. The second kappa shape index (κ2) is 6.26. The van der Waals surface area contributed by atoms with E-state index in [1.165, 1.54) is 25.0 Å². The van der Waals surface area contributed by atoms with Crippen LogP contribution in [0.15, 0.2) is 30.4 Å². The number of hydrogen-bond acceptors (Lipinski definition) is 4. The Kier molecular flexibility index (Phi) is 4.17. The van der Waals surface area contributed by atoms with Gasteiger partial charge < -0.3 is 9.47 Å². The van der Waals surface area contributed by atoms with E-state index in [1.54, 1.807) is 0 Å². The molecule has 0 aliphatic heterocycles. The van der Waals surface area contributed by atoms with Crippen LogP contribution in [0.1, 0.15) is 57.1 Å². The molecule has 4 heteroatoms. The molecule has 0 spiro atoms. The Bertz CT molecular complexity index is 780. The van der Waals surface area contributed by atoms with Gasteiger partial charge in [0.2, 0.25) is 0 Å². The van der Waals surface area contributed by atoms with Crippen molar-refractivity contribution in [2.24, 2.45) is 17.3 Å². The zero-order valence-corrected chi connectivity index (χ0v) is 15.7. The Labute approximate surface area is 154 Å². The molecule has 2 unspecified atom stereocenters. The number of carbonyl (C=O) groups excluding carboxylic acids is 2. The monoisotopic (exact) mass is 354 g/mol. The van der Waals surface area contributed by atoms with E-state index in [-0.39, 0.29) is 23.5 Å². The zero-order chi connectivity index (χ0) is 18.5. The van der Waals surface area contributed by atoms with E-state index in [9.17, 15) is 9.59 Å². The molecule has 0 N–H and O–H groups in total. The van der Waals surface area contributed by atoms with Crippen molar-refractivity contribution in [3.8, 4) is 5.75 Å². The third-order valence-corrected chi connectivity index (χ3v) is 6.69. The highest BCUT2D eigenvalue weighted by atomic mass is 16.5. The Morgan fingerprint density at radius 3 is 2.65 bits per heavy atom. The minimum Gasteiger partial charge on any atom is -0.458 e. The zero-order valence-electron chi connectivity index (χ0n) is 15.7. The van der Waals surface area contributed by atoms with Gasteiger partial charge in [0, 0.05) is 19.3 Å². The highest BCUT2D eigenvalue weighted by molar-refractivity contribution is 5.69. The second-order valence-electron chi connectivity index (χ2n) is 8.25. The van der Waals surface area contributed by atoms with Crippen molar-refractivity contribution in [1.29, 1.82) is 0 Å². The molecule has 1 aromatic carbocycles. The summed E-state index contributed by atoms with van der Waals surface area (Å²) in [5.41, 5.74) is 2.73. The van der Waals surface area contributed by atoms with Gasteiger partial charge in [-0.25, -0.2) is 0 Å². The molecule has 4 rings (SSSR count). The maximum absolute atomic E-state index is 11.5. The van der Waals surface area contributed by atoms with Crippen molar-refractivity contribution >= 4 is 11.9 Å². The Balaban J connectivity index is 1.59. The summed E-state index contributed by atoms with van der Waals surface area (Å²) < 4.78 is 10.9. The number of aryl methyl sites for hydroxylation is 1. The SMILES string of the molecule is CC(=O)Oc1ccc2c(c1)CC[C@@H]1[C@@H]2CCC2(C)C(OC(C)=O)C=C[C@@H]12. The lowest BCUT2D eigenvalue weighted by Gasteiger charge is -2.50. The lowest BCUT2D eigenvalue weighted by atomic mass is 9.55. The van der Waals surface area contributed by atoms with Crippen LogP contribution < -0.4 is 4.74 Å². The summed E-state index contributed by atoms with van der Waals surface area (Å²) in [6, 6.07) is 6.10. The molecule has 0 aromatic heterocycles. The van der Waals surface area contributed by atoms with Crippen LogP contribution >= 0.6 is 0 Å². The van der Waals surface area contributed by atoms with E-state index in [1.807, 2.05) is 12.1 Å². The minimum absolute atomic E-state index is 0.0159. The van der Waals surface area contributed by atoms with Gasteiger partial charge in [-0.3, -0.25) is 9.59 Å². The Morgan fingerprint density at radius 2 is 1.92 bits per heavy atom. The largest absolute Gasteiger partial charge is 0.458 e. The predicted molar refractivity (Wildman–Crippen MR) is 97.8 cm³/mol. The van der Waals surface area contributed by atoms with Gasteiger partial charge in [0.25, 0.3) is 0 Å². The first-order valence-electron chi connectivity index (χ1n) is 9.55. The first-order valence-corrected chi connectivity index (χ1v) is 9.55. The average molecular weight is 354 g/mol. The van der Waals surface area contributed by atoms with Gasteiger partial charge in [-0.15, -0.1) is 0 Å². The highest BCUT2D eigenvalue weighted by Gasteiger charge is 2.53. The number of esters is 2. The summed E-state index contributed by atoms with van der Waals surface area (Å²) in [6.07, 6.45) is 8.59. The van der Waals surface area contributed by atoms with Crippen LogP contribution in [0.25, 0.3) is 0 Å². The molecule has 0 bridgehead atoms. The Hall–Kier alpha value is -2.10. The van der Waals surface area contributed by atoms with E-state index >= 15 is 0 Å². The topological polar surface area (TPSA) is 52.6 Å². The first kappa shape index (κ1) is 17.3. The molecule has 1 saturated carbocycles. The molecule has 0 heterocycles. The van der Waals surface area contributed by atoms with E-state index in [2.05, 4.69) is 25.1 Å². The molecule has 26 heavy (non-hydrogen) atoms. The molecule has 3 aliphatic carbocycles. The van der Waals surface area contributed by atoms with Crippen LogP contribution in [-0.4, -0.2) is 18.0 Å². The Morgan fingerprint density at radius 1 is 1.12 bits per heavy atom. The number of carbonyl (C=O) groups is 2. The molecular weight excluding hydrogens is 328 g/mol. The fourth-order valence-electron chi connectivity index (χ4n) is 5.55. The van der Waals surface area contributed by atoms with Crippen LogP contribution in [0.3, 0.4) is 0 Å². The predicted octanol–water partition coefficient (Wildman–Crippen LogP) is 4.18. The fraction of sp³-hybridized carbons (Fsp3) is 0.545. The summed E-state index contributed by atoms with van der Waals surface area (Å²) >= 11 is 0. The quantitative estimate of drug-likeness (QED) is 0.454. The van der Waals surface area contributed by atoms with Crippen LogP contribution in [0.5, 0.6) is 5.75 Å². The summed E-state index contributed by atoms with van der Waals surface area (Å²) in [7, 11) is 0. The third-order valence-electron chi connectivity index (χ3n) is 6.69. The summed E-state index contributed by atoms with van der Waals surface area (Å²) in [6.45, 7) is 5.21. The maximum atomic E-state index is 11.5. The summed E-state index contributed by atoms with van der Waals surface area (Å²) in [5, 5.41) is 0. The molecule has 1 aromatic rings. The van der Waals surface area contributed by atoms with Crippen molar-refractivity contribution in [3.05, 3.63) is 41.5 Å². The van der Waals surface area contributed by atoms with E-state index < -0.39 is 0 Å². The highest BCUT2D eigenvalue weighted by Crippen LogP contribution is 2.59. The van der Waals surface area contributed by atoms with Gasteiger partial charge in [0.05, 0.1) is 0 Å². The third kappa shape index (κ3) is 2.76. The van der Waals surface area contributed by atoms with Gasteiger partial charge in [-0.1, -0.05) is 19.1 Å². The summed E-state index contributed by atoms with van der Waals surface area (Å²) in [4.78, 5) is 22.7. The molecule has 0 saturated heterocycles. The molecular formula is C22H26O4. The van der Waals surface area contributed by atoms with Gasteiger partial charge >= 0.3 is 11.9 Å². The van der Waals surface area contributed by atoms with Crippen molar-refractivity contribution in [1.82, 2.24) is 0 Å². The molecule has 138 valence electrons. The van der Waals surface area contributed by atoms with Crippen molar-refractivity contribution in [2.45, 2.75) is 58.5 Å². The van der Waals surface area contributed by atoms with Gasteiger partial charge in [0.15, 0.2) is 0 Å². The molecule has 1 fully saturated rings. The van der Waals surface area contributed by atoms with Gasteiger partial charge in [-0.2, -0.15) is 0 Å². The molecule has 5 atom stereocenters. The van der Waals surface area contributed by atoms with E-state index in [0.29, 0.717) is 23.5 Å². The van der Waals surface area contributed by atoms with Gasteiger partial charge in [0.1, 0.15) is 11.9 Å². The summed E-state index contributed by atoms with van der Waals surface area (Å²) in [5.74, 6) is 1.73. The van der Waals surface area contributed by atoms with Crippen LogP contribution in [0.4, 0.5) is 0 Å². The normalized spacial score (nSPS) is 34.4. The standard InChI is InChI=1S/C22H26O4/c1-13(23)25-16-5-7-17-15(12-16)4-6-19-18(17)10-11-22(3)20(19)8-9-21(22)26-14(2)24/h5,7-9,12,18-21H,4,6,10-11H2,1-3H3/t18-,19-,20+,21?,22?/m1/s1. The maximum Gasteiger partial charge on any atom is 0.308 e. The van der Waals surface area contributed by atoms with Crippen molar-refractivity contribution in [2.75, 3.05) is 0 Å². The molecule has 4 nitrogen and oxygen atoms in total. The van der Waals surface area contributed by atoms with E-state index in [4.69, 9.17) is 9.47 Å². The first-order chi connectivity index (χ1) is 12.4. The number of fused-ring (bicyclic) bond motifs is 5. The smallest absolute Gasteiger partial charge is 0.308 e. The molecule has 3 aliphatic rings. The number of rotatable bonds is 2. The van der Waals surface area contributed by atoms with Crippen molar-refractivity contribution < 1.29 is 19.1 Å². The second-order valence-corrected chi connectivity index (χ2v) is 8.25.